The van der Waals surface area contributed by atoms with Crippen LogP contribution in [0.1, 0.15) is 21.5 Å². The predicted molar refractivity (Wildman–Crippen MR) is 78.4 cm³/mol. The zero-order valence-corrected chi connectivity index (χ0v) is 11.7. The third kappa shape index (κ3) is 3.93. The molecule has 106 valence electrons. The van der Waals surface area contributed by atoms with Gasteiger partial charge in [0.05, 0.1) is 6.20 Å². The average molecular weight is 272 g/mol. The Morgan fingerprint density at radius 3 is 2.60 bits per heavy atom. The quantitative estimate of drug-likeness (QED) is 0.820. The Kier molecular flexibility index (Phi) is 4.90. The van der Waals surface area contributed by atoms with Crippen molar-refractivity contribution in [1.29, 1.82) is 0 Å². The van der Waals surface area contributed by atoms with Crippen LogP contribution in [0.3, 0.4) is 0 Å². The van der Waals surface area contributed by atoms with E-state index in [9.17, 15) is 4.79 Å². The summed E-state index contributed by atoms with van der Waals surface area (Å²) in [6.07, 6.45) is 5.38. The van der Waals surface area contributed by atoms with Crippen molar-refractivity contribution < 1.29 is 4.79 Å². The summed E-state index contributed by atoms with van der Waals surface area (Å²) in [7, 11) is 1.88. The van der Waals surface area contributed by atoms with Crippen molar-refractivity contribution in [2.45, 2.75) is 12.8 Å². The Morgan fingerprint density at radius 2 is 2.00 bits per heavy atom. The van der Waals surface area contributed by atoms with Crippen molar-refractivity contribution in [3.05, 3.63) is 53.3 Å². The van der Waals surface area contributed by atoms with Gasteiger partial charge in [-0.2, -0.15) is 5.10 Å². The second-order valence-electron chi connectivity index (χ2n) is 4.76. The predicted octanol–water partition coefficient (Wildman–Crippen LogP) is 0.894. The molecule has 0 saturated heterocycles. The summed E-state index contributed by atoms with van der Waals surface area (Å²) in [6, 6.07) is 7.57. The van der Waals surface area contributed by atoms with E-state index in [2.05, 4.69) is 10.4 Å². The molecule has 3 N–H and O–H groups in total. The zero-order valence-electron chi connectivity index (χ0n) is 11.7. The van der Waals surface area contributed by atoms with Crippen molar-refractivity contribution in [3.63, 3.8) is 0 Å². The summed E-state index contributed by atoms with van der Waals surface area (Å²) >= 11 is 0. The Bertz CT molecular complexity index is 560. The minimum absolute atomic E-state index is 0.0480. The molecule has 5 nitrogen and oxygen atoms in total. The number of aryl methyl sites for hydroxylation is 1. The average Bonchev–Trinajstić information content (AvgIpc) is 2.85. The second kappa shape index (κ2) is 6.86. The molecule has 1 heterocycles. The van der Waals surface area contributed by atoms with Gasteiger partial charge in [0.2, 0.25) is 0 Å². The van der Waals surface area contributed by atoms with Gasteiger partial charge in [0, 0.05) is 25.4 Å². The molecule has 2 aromatic rings. The van der Waals surface area contributed by atoms with E-state index in [1.807, 2.05) is 43.7 Å². The van der Waals surface area contributed by atoms with E-state index in [4.69, 9.17) is 5.73 Å². The van der Waals surface area contributed by atoms with Crippen LogP contribution in [0.4, 0.5) is 0 Å². The molecular weight excluding hydrogens is 252 g/mol. The van der Waals surface area contributed by atoms with Crippen molar-refractivity contribution in [3.8, 4) is 0 Å². The molecule has 2 rings (SSSR count). The Morgan fingerprint density at radius 1 is 1.25 bits per heavy atom. The number of nitrogens with one attached hydrogen (secondary N) is 1. The number of hydrogen-bond acceptors (Lipinski definition) is 3. The lowest BCUT2D eigenvalue weighted by atomic mass is 10.1. The van der Waals surface area contributed by atoms with Gasteiger partial charge in [-0.05, 0) is 42.6 Å². The SMILES string of the molecule is Cn1cc(CCNC(=O)c2ccc(CCN)cc2)cn1. The number of amides is 1. The first-order chi connectivity index (χ1) is 9.69. The normalized spacial score (nSPS) is 10.5. The maximum atomic E-state index is 12.0. The monoisotopic (exact) mass is 272 g/mol. The van der Waals surface area contributed by atoms with E-state index < -0.39 is 0 Å². The third-order valence-electron chi connectivity index (χ3n) is 3.11. The molecule has 0 atom stereocenters. The van der Waals surface area contributed by atoms with Crippen LogP contribution in [0.5, 0.6) is 0 Å². The molecular formula is C15H20N4O. The first-order valence-electron chi connectivity index (χ1n) is 6.74. The Hall–Kier alpha value is -2.14. The number of rotatable bonds is 6. The van der Waals surface area contributed by atoms with Gasteiger partial charge in [-0.1, -0.05) is 12.1 Å². The van der Waals surface area contributed by atoms with Crippen molar-refractivity contribution in [2.75, 3.05) is 13.1 Å². The molecule has 20 heavy (non-hydrogen) atoms. The highest BCUT2D eigenvalue weighted by molar-refractivity contribution is 5.94. The van der Waals surface area contributed by atoms with E-state index in [1.54, 1.807) is 4.68 Å². The van der Waals surface area contributed by atoms with Crippen LogP contribution >= 0.6 is 0 Å². The number of hydrogen-bond donors (Lipinski definition) is 2. The number of carbonyl (C=O) groups excluding carboxylic acids is 1. The van der Waals surface area contributed by atoms with Gasteiger partial charge in [0.15, 0.2) is 0 Å². The lowest BCUT2D eigenvalue weighted by Gasteiger charge is -2.05. The van der Waals surface area contributed by atoms with Gasteiger partial charge in [-0.25, -0.2) is 0 Å². The van der Waals surface area contributed by atoms with Crippen LogP contribution in [-0.2, 0) is 19.9 Å². The first-order valence-corrected chi connectivity index (χ1v) is 6.74. The molecule has 5 heteroatoms. The molecule has 0 fully saturated rings. The first kappa shape index (κ1) is 14.3. The molecule has 1 amide bonds. The fourth-order valence-corrected chi connectivity index (χ4v) is 2.01. The molecule has 0 radical (unpaired) electrons. The number of carbonyl (C=O) groups is 1. The summed E-state index contributed by atoms with van der Waals surface area (Å²) in [5.41, 5.74) is 8.44. The van der Waals surface area contributed by atoms with Gasteiger partial charge in [0.1, 0.15) is 0 Å². The third-order valence-corrected chi connectivity index (χ3v) is 3.11. The minimum atomic E-state index is -0.0480. The zero-order chi connectivity index (χ0) is 14.4. The highest BCUT2D eigenvalue weighted by Crippen LogP contribution is 2.05. The molecule has 0 aliphatic carbocycles. The Labute approximate surface area is 118 Å². The smallest absolute Gasteiger partial charge is 0.251 e. The molecule has 0 bridgehead atoms. The van der Waals surface area contributed by atoms with E-state index in [0.29, 0.717) is 18.7 Å². The molecule has 1 aromatic heterocycles. The van der Waals surface area contributed by atoms with E-state index in [1.165, 1.54) is 0 Å². The van der Waals surface area contributed by atoms with Gasteiger partial charge in [-0.15, -0.1) is 0 Å². The largest absolute Gasteiger partial charge is 0.352 e. The maximum Gasteiger partial charge on any atom is 0.251 e. The lowest BCUT2D eigenvalue weighted by Crippen LogP contribution is -2.25. The molecule has 0 unspecified atom stereocenters. The van der Waals surface area contributed by atoms with Crippen LogP contribution in [0, 0.1) is 0 Å². The Balaban J connectivity index is 1.82. The molecule has 0 spiro atoms. The van der Waals surface area contributed by atoms with Crippen molar-refractivity contribution >= 4 is 5.91 Å². The lowest BCUT2D eigenvalue weighted by molar-refractivity contribution is 0.0954. The minimum Gasteiger partial charge on any atom is -0.352 e. The van der Waals surface area contributed by atoms with Crippen molar-refractivity contribution in [2.24, 2.45) is 12.8 Å². The van der Waals surface area contributed by atoms with Crippen LogP contribution in [-0.4, -0.2) is 28.8 Å². The van der Waals surface area contributed by atoms with Gasteiger partial charge in [-0.3, -0.25) is 9.48 Å². The molecule has 0 saturated carbocycles. The number of aromatic nitrogens is 2. The number of nitrogens with zero attached hydrogens (tertiary/aromatic N) is 2. The summed E-state index contributed by atoms with van der Waals surface area (Å²) < 4.78 is 1.76. The summed E-state index contributed by atoms with van der Waals surface area (Å²) in [5, 5.41) is 7.00. The molecule has 0 aliphatic heterocycles. The summed E-state index contributed by atoms with van der Waals surface area (Å²) in [5.74, 6) is -0.0480. The second-order valence-corrected chi connectivity index (χ2v) is 4.76. The number of nitrogens with two attached hydrogens (primary N) is 1. The van der Waals surface area contributed by atoms with Crippen LogP contribution in [0.2, 0.25) is 0 Å². The van der Waals surface area contributed by atoms with Crippen LogP contribution in [0.25, 0.3) is 0 Å². The molecule has 0 aliphatic rings. The summed E-state index contributed by atoms with van der Waals surface area (Å²) in [4.78, 5) is 12.0. The van der Waals surface area contributed by atoms with E-state index in [0.717, 1.165) is 24.0 Å². The number of benzene rings is 1. The fourth-order valence-electron chi connectivity index (χ4n) is 2.01. The molecule has 1 aromatic carbocycles. The highest BCUT2D eigenvalue weighted by Gasteiger charge is 2.05. The highest BCUT2D eigenvalue weighted by atomic mass is 16.1. The van der Waals surface area contributed by atoms with Gasteiger partial charge >= 0.3 is 0 Å². The maximum absolute atomic E-state index is 12.0. The fraction of sp³-hybridized carbons (Fsp3) is 0.333. The van der Waals surface area contributed by atoms with Crippen LogP contribution < -0.4 is 11.1 Å². The van der Waals surface area contributed by atoms with Crippen LogP contribution in [0.15, 0.2) is 36.7 Å². The van der Waals surface area contributed by atoms with Gasteiger partial charge < -0.3 is 11.1 Å². The van der Waals surface area contributed by atoms with E-state index in [-0.39, 0.29) is 5.91 Å². The van der Waals surface area contributed by atoms with Crippen molar-refractivity contribution in [1.82, 2.24) is 15.1 Å². The van der Waals surface area contributed by atoms with Gasteiger partial charge in [0.25, 0.3) is 5.91 Å². The topological polar surface area (TPSA) is 72.9 Å². The summed E-state index contributed by atoms with van der Waals surface area (Å²) in [6.45, 7) is 1.23. The van der Waals surface area contributed by atoms with E-state index >= 15 is 0 Å². The standard InChI is InChI=1S/C15H20N4O/c1-19-11-13(10-18-19)7-9-17-15(20)14-4-2-12(3-5-14)6-8-16/h2-5,10-11H,6-9,16H2,1H3,(H,17,20).